The fourth-order valence-electron chi connectivity index (χ4n) is 2.08. The molecular weight excluding hydrogens is 296 g/mol. The molecule has 1 aliphatic heterocycles. The molecule has 1 aromatic rings. The van der Waals surface area contributed by atoms with E-state index in [0.717, 1.165) is 18.4 Å². The lowest BCUT2D eigenvalue weighted by molar-refractivity contribution is 0.114. The minimum atomic E-state index is -3.49. The number of nitrogens with one attached hydrogen (secondary N) is 1. The average Bonchev–Trinajstić information content (AvgIpc) is 2.89. The van der Waals surface area contributed by atoms with Crippen molar-refractivity contribution in [2.24, 2.45) is 5.73 Å². The quantitative estimate of drug-likeness (QED) is 0.765. The summed E-state index contributed by atoms with van der Waals surface area (Å²) in [5, 5.41) is 0. The average molecular weight is 314 g/mol. The van der Waals surface area contributed by atoms with Crippen LogP contribution in [0.1, 0.15) is 18.4 Å². The Labute approximate surface area is 124 Å². The van der Waals surface area contributed by atoms with E-state index in [1.54, 1.807) is 24.3 Å². The van der Waals surface area contributed by atoms with Crippen molar-refractivity contribution in [1.82, 2.24) is 4.72 Å². The predicted octanol–water partition coefficient (Wildman–Crippen LogP) is 0.972. The molecule has 3 N–H and O–H groups in total. The first-order chi connectivity index (χ1) is 9.47. The summed E-state index contributed by atoms with van der Waals surface area (Å²) in [7, 11) is -3.49. The van der Waals surface area contributed by atoms with Gasteiger partial charge in [0, 0.05) is 19.6 Å². The minimum absolute atomic E-state index is 0.0151. The Hall–Kier alpha value is -1.02. The van der Waals surface area contributed by atoms with E-state index in [0.29, 0.717) is 24.6 Å². The molecule has 1 heterocycles. The number of hydrogen-bond acceptors (Lipinski definition) is 4. The van der Waals surface area contributed by atoms with Crippen molar-refractivity contribution in [3.63, 3.8) is 0 Å². The van der Waals surface area contributed by atoms with Crippen molar-refractivity contribution >= 4 is 27.2 Å². The number of hydrogen-bond donors (Lipinski definition) is 2. The van der Waals surface area contributed by atoms with E-state index in [2.05, 4.69) is 4.72 Å². The van der Waals surface area contributed by atoms with Crippen molar-refractivity contribution in [3.05, 3.63) is 29.8 Å². The van der Waals surface area contributed by atoms with Gasteiger partial charge in [0.15, 0.2) is 0 Å². The van der Waals surface area contributed by atoms with Gasteiger partial charge in [-0.05, 0) is 30.5 Å². The number of benzene rings is 1. The van der Waals surface area contributed by atoms with Crippen LogP contribution >= 0.6 is 12.2 Å². The number of thiocarbonyl (C=S) groups is 1. The minimum Gasteiger partial charge on any atom is -0.393 e. The van der Waals surface area contributed by atoms with Gasteiger partial charge >= 0.3 is 0 Å². The van der Waals surface area contributed by atoms with E-state index < -0.39 is 10.0 Å². The standard InChI is InChI=1S/C13H18N2O3S2/c14-13(19)8-10-3-5-12(6-4-10)20(16,17)15-9-11-2-1-7-18-11/h3-6,11,15H,1-2,7-9H2,(H2,14,19). The van der Waals surface area contributed by atoms with Gasteiger partial charge in [0.2, 0.25) is 10.0 Å². The van der Waals surface area contributed by atoms with Crippen LogP contribution < -0.4 is 10.5 Å². The first kappa shape index (κ1) is 15.4. The number of rotatable bonds is 6. The van der Waals surface area contributed by atoms with E-state index in [4.69, 9.17) is 22.7 Å². The Balaban J connectivity index is 1.99. The van der Waals surface area contributed by atoms with E-state index in [1.165, 1.54) is 0 Å². The molecule has 0 aromatic heterocycles. The Morgan fingerprint density at radius 2 is 2.10 bits per heavy atom. The second kappa shape index (κ2) is 6.62. The van der Waals surface area contributed by atoms with E-state index in [1.807, 2.05) is 0 Å². The molecule has 5 nitrogen and oxygen atoms in total. The lowest BCUT2D eigenvalue weighted by Crippen LogP contribution is -2.31. The maximum absolute atomic E-state index is 12.1. The third kappa shape index (κ3) is 4.24. The summed E-state index contributed by atoms with van der Waals surface area (Å²) in [5.74, 6) is 0. The maximum atomic E-state index is 12.1. The molecule has 0 saturated carbocycles. The lowest BCUT2D eigenvalue weighted by atomic mass is 10.1. The van der Waals surface area contributed by atoms with Gasteiger partial charge in [-0.3, -0.25) is 0 Å². The molecule has 1 aliphatic rings. The number of sulfonamides is 1. The van der Waals surface area contributed by atoms with Gasteiger partial charge < -0.3 is 10.5 Å². The first-order valence-corrected chi connectivity index (χ1v) is 8.35. The highest BCUT2D eigenvalue weighted by atomic mass is 32.2. The Bertz CT molecular complexity index is 564. The van der Waals surface area contributed by atoms with Crippen LogP contribution in [0.4, 0.5) is 0 Å². The van der Waals surface area contributed by atoms with E-state index >= 15 is 0 Å². The van der Waals surface area contributed by atoms with Gasteiger partial charge in [0.05, 0.1) is 16.0 Å². The van der Waals surface area contributed by atoms with Gasteiger partial charge in [0.25, 0.3) is 0 Å². The molecular formula is C13H18N2O3S2. The molecule has 7 heteroatoms. The van der Waals surface area contributed by atoms with Gasteiger partial charge in [-0.15, -0.1) is 0 Å². The monoisotopic (exact) mass is 314 g/mol. The normalized spacial score (nSPS) is 19.1. The van der Waals surface area contributed by atoms with E-state index in [-0.39, 0.29) is 11.0 Å². The molecule has 1 atom stereocenters. The third-order valence-corrected chi connectivity index (χ3v) is 4.72. The van der Waals surface area contributed by atoms with Crippen molar-refractivity contribution in [2.75, 3.05) is 13.2 Å². The van der Waals surface area contributed by atoms with Crippen molar-refractivity contribution in [3.8, 4) is 0 Å². The topological polar surface area (TPSA) is 81.4 Å². The lowest BCUT2D eigenvalue weighted by Gasteiger charge is -2.11. The Kier molecular flexibility index (Phi) is 5.09. The van der Waals surface area contributed by atoms with Crippen LogP contribution in [0.2, 0.25) is 0 Å². The zero-order valence-corrected chi connectivity index (χ0v) is 12.7. The molecule has 0 aliphatic carbocycles. The second-order valence-corrected chi connectivity index (χ2v) is 7.07. The predicted molar refractivity (Wildman–Crippen MR) is 81.1 cm³/mol. The molecule has 0 bridgehead atoms. The Morgan fingerprint density at radius 1 is 1.40 bits per heavy atom. The molecule has 1 saturated heterocycles. The molecule has 1 aromatic carbocycles. The molecule has 1 unspecified atom stereocenters. The molecule has 0 amide bonds. The van der Waals surface area contributed by atoms with Crippen LogP contribution in [-0.2, 0) is 21.2 Å². The SMILES string of the molecule is NC(=S)Cc1ccc(S(=O)(=O)NCC2CCCO2)cc1. The first-order valence-electron chi connectivity index (χ1n) is 6.46. The summed E-state index contributed by atoms with van der Waals surface area (Å²) < 4.78 is 32.2. The highest BCUT2D eigenvalue weighted by Crippen LogP contribution is 2.14. The summed E-state index contributed by atoms with van der Waals surface area (Å²) in [5.41, 5.74) is 6.35. The van der Waals surface area contributed by atoms with Gasteiger partial charge in [-0.25, -0.2) is 13.1 Å². The van der Waals surface area contributed by atoms with E-state index in [9.17, 15) is 8.42 Å². The summed E-state index contributed by atoms with van der Waals surface area (Å²) >= 11 is 4.82. The second-order valence-electron chi connectivity index (χ2n) is 4.77. The fourth-order valence-corrected chi connectivity index (χ4v) is 3.31. The molecule has 20 heavy (non-hydrogen) atoms. The molecule has 2 rings (SSSR count). The Morgan fingerprint density at radius 3 is 2.65 bits per heavy atom. The van der Waals surface area contributed by atoms with Crippen LogP contribution in [0.3, 0.4) is 0 Å². The summed E-state index contributed by atoms with van der Waals surface area (Å²) in [4.78, 5) is 0.624. The van der Waals surface area contributed by atoms with Crippen LogP contribution in [0, 0.1) is 0 Å². The molecule has 0 radical (unpaired) electrons. The highest BCUT2D eigenvalue weighted by molar-refractivity contribution is 7.89. The van der Waals surface area contributed by atoms with Gasteiger partial charge in [0.1, 0.15) is 0 Å². The number of ether oxygens (including phenoxy) is 1. The zero-order valence-electron chi connectivity index (χ0n) is 11.0. The highest BCUT2D eigenvalue weighted by Gasteiger charge is 2.20. The van der Waals surface area contributed by atoms with Crippen LogP contribution in [-0.4, -0.2) is 32.7 Å². The van der Waals surface area contributed by atoms with Crippen LogP contribution in [0.5, 0.6) is 0 Å². The van der Waals surface area contributed by atoms with Gasteiger partial charge in [-0.2, -0.15) is 0 Å². The largest absolute Gasteiger partial charge is 0.393 e. The van der Waals surface area contributed by atoms with Crippen molar-refractivity contribution in [2.45, 2.75) is 30.3 Å². The van der Waals surface area contributed by atoms with Crippen LogP contribution in [0.15, 0.2) is 29.2 Å². The fraction of sp³-hybridized carbons (Fsp3) is 0.462. The summed E-state index contributed by atoms with van der Waals surface area (Å²) in [6, 6.07) is 6.57. The molecule has 0 spiro atoms. The summed E-state index contributed by atoms with van der Waals surface area (Å²) in [6.45, 7) is 1.02. The zero-order chi connectivity index (χ0) is 14.6. The maximum Gasteiger partial charge on any atom is 0.240 e. The smallest absolute Gasteiger partial charge is 0.240 e. The van der Waals surface area contributed by atoms with Crippen molar-refractivity contribution < 1.29 is 13.2 Å². The van der Waals surface area contributed by atoms with Crippen LogP contribution in [0.25, 0.3) is 0 Å². The third-order valence-electron chi connectivity index (χ3n) is 3.14. The molecule has 1 fully saturated rings. The summed E-state index contributed by atoms with van der Waals surface area (Å²) in [6.07, 6.45) is 2.34. The number of nitrogens with two attached hydrogens (primary N) is 1. The van der Waals surface area contributed by atoms with Gasteiger partial charge in [-0.1, -0.05) is 24.4 Å². The van der Waals surface area contributed by atoms with Crippen molar-refractivity contribution in [1.29, 1.82) is 0 Å². The molecule has 110 valence electrons.